The van der Waals surface area contributed by atoms with Crippen molar-refractivity contribution in [1.82, 2.24) is 14.5 Å². The lowest BCUT2D eigenvalue weighted by Crippen LogP contribution is -2.50. The van der Waals surface area contributed by atoms with E-state index in [-0.39, 0.29) is 11.6 Å². The molecule has 2 rings (SSSR count). The molecule has 0 radical (unpaired) electrons. The van der Waals surface area contributed by atoms with Gasteiger partial charge in [0.15, 0.2) is 5.96 Å². The highest BCUT2D eigenvalue weighted by Crippen LogP contribution is 2.21. The highest BCUT2D eigenvalue weighted by atomic mass is 32.2. The van der Waals surface area contributed by atoms with Crippen LogP contribution in [-0.2, 0) is 14.8 Å². The van der Waals surface area contributed by atoms with Crippen molar-refractivity contribution in [2.45, 2.75) is 64.2 Å². The van der Waals surface area contributed by atoms with Crippen LogP contribution >= 0.6 is 0 Å². The topological polar surface area (TPSA) is 74.2 Å². The summed E-state index contributed by atoms with van der Waals surface area (Å²) in [5.41, 5.74) is -0.107. The number of hydrogen-bond acceptors (Lipinski definition) is 4. The zero-order chi connectivity index (χ0) is 18.7. The third-order valence-corrected chi connectivity index (χ3v) is 6.05. The molecule has 0 aliphatic carbocycles. The summed E-state index contributed by atoms with van der Waals surface area (Å²) in [7, 11) is -1.35. The fourth-order valence-corrected chi connectivity index (χ4v) is 4.86. The Kier molecular flexibility index (Phi) is 6.73. The second-order valence-corrected chi connectivity index (χ2v) is 9.95. The summed E-state index contributed by atoms with van der Waals surface area (Å²) in [5, 5.41) is 3.38. The fourth-order valence-electron chi connectivity index (χ4n) is 3.68. The molecule has 0 aromatic heterocycles. The van der Waals surface area contributed by atoms with E-state index in [4.69, 9.17) is 4.74 Å². The number of sulfonamides is 1. The molecule has 2 fully saturated rings. The van der Waals surface area contributed by atoms with Crippen molar-refractivity contribution < 1.29 is 13.2 Å². The molecule has 1 atom stereocenters. The molecule has 146 valence electrons. The Morgan fingerprint density at radius 3 is 2.36 bits per heavy atom. The molecule has 0 spiro atoms. The van der Waals surface area contributed by atoms with Crippen LogP contribution in [0.4, 0.5) is 0 Å². The van der Waals surface area contributed by atoms with E-state index in [0.29, 0.717) is 19.2 Å². The van der Waals surface area contributed by atoms with Crippen LogP contribution in [0, 0.1) is 0 Å². The van der Waals surface area contributed by atoms with Gasteiger partial charge in [-0.3, -0.25) is 4.99 Å². The number of rotatable bonds is 4. The molecule has 7 nitrogen and oxygen atoms in total. The van der Waals surface area contributed by atoms with Gasteiger partial charge >= 0.3 is 0 Å². The summed E-state index contributed by atoms with van der Waals surface area (Å²) in [6.45, 7) is 9.32. The predicted molar refractivity (Wildman–Crippen MR) is 101 cm³/mol. The Hall–Kier alpha value is -0.860. The van der Waals surface area contributed by atoms with Gasteiger partial charge in [-0.25, -0.2) is 8.42 Å². The minimum absolute atomic E-state index is 0.0218. The zero-order valence-corrected chi connectivity index (χ0v) is 17.1. The van der Waals surface area contributed by atoms with Gasteiger partial charge in [-0.1, -0.05) is 0 Å². The lowest BCUT2D eigenvalue weighted by molar-refractivity contribution is -0.0772. The monoisotopic (exact) mass is 374 g/mol. The Bertz CT molecular complexity index is 563. The van der Waals surface area contributed by atoms with Gasteiger partial charge < -0.3 is 15.0 Å². The summed E-state index contributed by atoms with van der Waals surface area (Å²) in [4.78, 5) is 6.62. The molecule has 25 heavy (non-hydrogen) atoms. The Morgan fingerprint density at radius 1 is 1.20 bits per heavy atom. The zero-order valence-electron chi connectivity index (χ0n) is 16.3. The summed E-state index contributed by atoms with van der Waals surface area (Å²) >= 11 is 0. The van der Waals surface area contributed by atoms with Crippen LogP contribution in [0.3, 0.4) is 0 Å². The van der Waals surface area contributed by atoms with Gasteiger partial charge in [0.2, 0.25) is 10.0 Å². The van der Waals surface area contributed by atoms with Gasteiger partial charge in [0.05, 0.1) is 18.0 Å². The maximum Gasteiger partial charge on any atom is 0.211 e. The Labute approximate surface area is 152 Å². The van der Waals surface area contributed by atoms with Crippen LogP contribution in [0.2, 0.25) is 0 Å². The molecule has 8 heteroatoms. The van der Waals surface area contributed by atoms with Crippen molar-refractivity contribution in [2.75, 3.05) is 39.5 Å². The number of hydrogen-bond donors (Lipinski definition) is 1. The average molecular weight is 375 g/mol. The minimum atomic E-state index is -3.13. The third kappa shape index (κ3) is 6.11. The smallest absolute Gasteiger partial charge is 0.211 e. The first kappa shape index (κ1) is 20.5. The van der Waals surface area contributed by atoms with Gasteiger partial charge in [0, 0.05) is 39.3 Å². The first-order valence-corrected chi connectivity index (χ1v) is 11.1. The van der Waals surface area contributed by atoms with E-state index < -0.39 is 10.0 Å². The second kappa shape index (κ2) is 8.22. The first-order chi connectivity index (χ1) is 11.6. The lowest BCUT2D eigenvalue weighted by atomic mass is 10.1. The number of piperidine rings is 1. The third-order valence-electron chi connectivity index (χ3n) is 4.72. The summed E-state index contributed by atoms with van der Waals surface area (Å²) < 4.78 is 31.4. The SMILES string of the molecule is CN=C(NC[C@H]1CCCN1S(C)(=O)=O)N1CCC(OC(C)(C)C)CC1. The molecule has 0 aromatic carbocycles. The second-order valence-electron chi connectivity index (χ2n) is 8.01. The molecule has 0 saturated carbocycles. The van der Waals surface area contributed by atoms with E-state index in [1.54, 1.807) is 11.4 Å². The van der Waals surface area contributed by atoms with Crippen LogP contribution < -0.4 is 5.32 Å². The van der Waals surface area contributed by atoms with Crippen LogP contribution in [0.1, 0.15) is 46.5 Å². The Morgan fingerprint density at radius 2 is 1.84 bits per heavy atom. The molecule has 0 aromatic rings. The maximum absolute atomic E-state index is 11.9. The highest BCUT2D eigenvalue weighted by molar-refractivity contribution is 7.88. The van der Waals surface area contributed by atoms with Gasteiger partial charge in [-0.15, -0.1) is 0 Å². The highest BCUT2D eigenvalue weighted by Gasteiger charge is 2.32. The van der Waals surface area contributed by atoms with Gasteiger partial charge in [-0.2, -0.15) is 4.31 Å². The van der Waals surface area contributed by atoms with E-state index in [1.807, 2.05) is 0 Å². The minimum Gasteiger partial charge on any atom is -0.372 e. The normalized spacial score (nSPS) is 24.8. The van der Waals surface area contributed by atoms with E-state index in [0.717, 1.165) is 44.7 Å². The number of likely N-dealkylation sites (tertiary alicyclic amines) is 1. The van der Waals surface area contributed by atoms with E-state index >= 15 is 0 Å². The number of ether oxygens (including phenoxy) is 1. The van der Waals surface area contributed by atoms with E-state index in [1.165, 1.54) is 6.26 Å². The first-order valence-electron chi connectivity index (χ1n) is 9.20. The Balaban J connectivity index is 1.84. The van der Waals surface area contributed by atoms with Crippen molar-refractivity contribution in [2.24, 2.45) is 4.99 Å². The predicted octanol–water partition coefficient (Wildman–Crippen LogP) is 1.27. The number of guanidine groups is 1. The number of aliphatic imine (C=N–C) groups is 1. The number of nitrogens with one attached hydrogen (secondary N) is 1. The van der Waals surface area contributed by atoms with Crippen LogP contribution in [0.5, 0.6) is 0 Å². The summed E-state index contributed by atoms with van der Waals surface area (Å²) in [6.07, 6.45) is 5.38. The maximum atomic E-state index is 11.9. The molecular weight excluding hydrogens is 340 g/mol. The largest absolute Gasteiger partial charge is 0.372 e. The molecule has 2 aliphatic heterocycles. The van der Waals surface area contributed by atoms with Gasteiger partial charge in [0.25, 0.3) is 0 Å². The van der Waals surface area contributed by atoms with E-state index in [2.05, 4.69) is 36.0 Å². The van der Waals surface area contributed by atoms with Crippen molar-refractivity contribution in [3.8, 4) is 0 Å². The number of nitrogens with zero attached hydrogens (tertiary/aromatic N) is 3. The molecule has 0 unspecified atom stereocenters. The average Bonchev–Trinajstić information content (AvgIpc) is 2.96. The van der Waals surface area contributed by atoms with Crippen LogP contribution in [0.15, 0.2) is 4.99 Å². The quantitative estimate of drug-likeness (QED) is 0.592. The molecule has 0 bridgehead atoms. The molecule has 2 aliphatic rings. The van der Waals surface area contributed by atoms with Crippen LogP contribution in [0.25, 0.3) is 0 Å². The van der Waals surface area contributed by atoms with E-state index in [9.17, 15) is 8.42 Å². The van der Waals surface area contributed by atoms with Crippen molar-refractivity contribution in [1.29, 1.82) is 0 Å². The van der Waals surface area contributed by atoms with Gasteiger partial charge in [0.1, 0.15) is 0 Å². The molecule has 2 saturated heterocycles. The molecular formula is C17H34N4O3S. The fraction of sp³-hybridized carbons (Fsp3) is 0.941. The summed E-state index contributed by atoms with van der Waals surface area (Å²) in [5.74, 6) is 0.856. The van der Waals surface area contributed by atoms with Gasteiger partial charge in [-0.05, 0) is 46.5 Å². The van der Waals surface area contributed by atoms with Crippen molar-refractivity contribution >= 4 is 16.0 Å². The lowest BCUT2D eigenvalue weighted by Gasteiger charge is -2.37. The van der Waals surface area contributed by atoms with Crippen molar-refractivity contribution in [3.05, 3.63) is 0 Å². The molecule has 2 heterocycles. The van der Waals surface area contributed by atoms with Crippen molar-refractivity contribution in [3.63, 3.8) is 0 Å². The van der Waals surface area contributed by atoms with Crippen LogP contribution in [-0.4, -0.2) is 80.8 Å². The molecule has 1 N–H and O–H groups in total. The standard InChI is InChI=1S/C17H34N4O3S/c1-17(2,3)24-15-8-11-20(12-9-15)16(18-4)19-13-14-7-6-10-21(14)25(5,22)23/h14-15H,6-13H2,1-5H3,(H,18,19)/t14-/m1/s1. The molecule has 0 amide bonds. The summed E-state index contributed by atoms with van der Waals surface area (Å²) in [6, 6.07) is 0.0218.